The molecule has 0 spiro atoms. The maximum Gasteiger partial charge on any atom is 0.0587 e. The van der Waals surface area contributed by atoms with Crippen LogP contribution in [0.3, 0.4) is 0 Å². The monoisotopic (exact) mass is 231 g/mol. The first-order valence-corrected chi connectivity index (χ1v) is 6.56. The fraction of sp³-hybridized carbons (Fsp3) is 1.00. The Kier molecular flexibility index (Phi) is 12.8. The summed E-state index contributed by atoms with van der Waals surface area (Å²) in [6, 6.07) is 0. The lowest BCUT2D eigenvalue weighted by molar-refractivity contribution is 0.197. The van der Waals surface area contributed by atoms with Crippen molar-refractivity contribution in [2.24, 2.45) is 0 Å². The van der Waals surface area contributed by atoms with Gasteiger partial charge in [-0.1, -0.05) is 13.8 Å². The van der Waals surface area contributed by atoms with Gasteiger partial charge in [0, 0.05) is 39.8 Å². The number of methoxy groups -OCH3 is 1. The minimum Gasteiger partial charge on any atom is -0.383 e. The second-order valence-corrected chi connectivity index (χ2v) is 3.69. The van der Waals surface area contributed by atoms with Crippen LogP contribution in [0.2, 0.25) is 0 Å². The van der Waals surface area contributed by atoms with Gasteiger partial charge < -0.3 is 20.3 Å². The Morgan fingerprint density at radius 2 is 1.88 bits per heavy atom. The van der Waals surface area contributed by atoms with E-state index in [0.29, 0.717) is 0 Å². The van der Waals surface area contributed by atoms with E-state index < -0.39 is 0 Å². The van der Waals surface area contributed by atoms with Crippen LogP contribution in [0.1, 0.15) is 20.3 Å². The molecule has 1 aliphatic rings. The SMILES string of the molecule is CC.COCCNCCCN1CCNCC1. The van der Waals surface area contributed by atoms with E-state index in [1.165, 1.54) is 26.1 Å². The Balaban J connectivity index is 0.00000106. The summed E-state index contributed by atoms with van der Waals surface area (Å²) in [6.07, 6.45) is 1.24. The van der Waals surface area contributed by atoms with Crippen molar-refractivity contribution < 1.29 is 4.74 Å². The lowest BCUT2D eigenvalue weighted by atomic mass is 10.3. The van der Waals surface area contributed by atoms with Crippen molar-refractivity contribution in [3.63, 3.8) is 0 Å². The fourth-order valence-corrected chi connectivity index (χ4v) is 1.66. The molecule has 0 saturated carbocycles. The highest BCUT2D eigenvalue weighted by molar-refractivity contribution is 4.67. The summed E-state index contributed by atoms with van der Waals surface area (Å²) in [5.74, 6) is 0. The van der Waals surface area contributed by atoms with Crippen LogP contribution in [0.5, 0.6) is 0 Å². The van der Waals surface area contributed by atoms with Gasteiger partial charge in [0.1, 0.15) is 0 Å². The molecule has 98 valence electrons. The Bertz CT molecular complexity index is 127. The maximum atomic E-state index is 4.96. The Morgan fingerprint density at radius 3 is 2.50 bits per heavy atom. The molecular formula is C12H29N3O. The number of rotatable bonds is 7. The number of ether oxygens (including phenoxy) is 1. The Labute approximate surface area is 101 Å². The summed E-state index contributed by atoms with van der Waals surface area (Å²) in [7, 11) is 1.74. The molecule has 0 aliphatic carbocycles. The summed E-state index contributed by atoms with van der Waals surface area (Å²) >= 11 is 0. The average molecular weight is 231 g/mol. The van der Waals surface area contributed by atoms with Gasteiger partial charge >= 0.3 is 0 Å². The molecule has 0 aromatic heterocycles. The largest absolute Gasteiger partial charge is 0.383 e. The molecule has 1 fully saturated rings. The average Bonchev–Trinajstić information content (AvgIpc) is 2.37. The molecule has 1 heterocycles. The summed E-state index contributed by atoms with van der Waals surface area (Å²) in [4.78, 5) is 2.52. The van der Waals surface area contributed by atoms with E-state index in [9.17, 15) is 0 Å². The highest BCUT2D eigenvalue weighted by atomic mass is 16.5. The fourth-order valence-electron chi connectivity index (χ4n) is 1.66. The third-order valence-electron chi connectivity index (χ3n) is 2.52. The first-order chi connectivity index (χ1) is 7.93. The van der Waals surface area contributed by atoms with Crippen LogP contribution in [-0.2, 0) is 4.74 Å². The molecule has 0 amide bonds. The van der Waals surface area contributed by atoms with Gasteiger partial charge in [-0.15, -0.1) is 0 Å². The summed E-state index contributed by atoms with van der Waals surface area (Å²) in [6.45, 7) is 12.8. The zero-order valence-electron chi connectivity index (χ0n) is 11.2. The molecule has 0 aromatic carbocycles. The van der Waals surface area contributed by atoms with Crippen LogP contribution in [0.15, 0.2) is 0 Å². The topological polar surface area (TPSA) is 36.5 Å². The van der Waals surface area contributed by atoms with Crippen molar-refractivity contribution in [1.29, 1.82) is 0 Å². The van der Waals surface area contributed by atoms with Gasteiger partial charge in [-0.05, 0) is 19.5 Å². The van der Waals surface area contributed by atoms with E-state index in [1.54, 1.807) is 7.11 Å². The standard InChI is InChI=1S/C10H23N3O.C2H6/c1-14-10-6-11-3-2-7-13-8-4-12-5-9-13;1-2/h11-12H,2-10H2,1H3;1-2H3. The minimum absolute atomic E-state index is 0.813. The molecular weight excluding hydrogens is 202 g/mol. The summed E-state index contributed by atoms with van der Waals surface area (Å²) < 4.78 is 4.96. The quantitative estimate of drug-likeness (QED) is 0.627. The van der Waals surface area contributed by atoms with Gasteiger partial charge in [0.2, 0.25) is 0 Å². The molecule has 4 heteroatoms. The molecule has 0 atom stereocenters. The normalized spacial score (nSPS) is 16.7. The van der Waals surface area contributed by atoms with Crippen LogP contribution in [0.25, 0.3) is 0 Å². The third-order valence-corrected chi connectivity index (χ3v) is 2.52. The van der Waals surface area contributed by atoms with E-state index in [1.807, 2.05) is 13.8 Å². The molecule has 1 rings (SSSR count). The van der Waals surface area contributed by atoms with Crippen molar-refractivity contribution in [3.8, 4) is 0 Å². The lowest BCUT2D eigenvalue weighted by Gasteiger charge is -2.27. The van der Waals surface area contributed by atoms with Gasteiger partial charge in [-0.25, -0.2) is 0 Å². The predicted octanol–water partition coefficient (Wildman–Crippen LogP) is 0.544. The van der Waals surface area contributed by atoms with Crippen molar-refractivity contribution >= 4 is 0 Å². The number of nitrogens with one attached hydrogen (secondary N) is 2. The van der Waals surface area contributed by atoms with Crippen LogP contribution >= 0.6 is 0 Å². The van der Waals surface area contributed by atoms with Gasteiger partial charge in [0.25, 0.3) is 0 Å². The van der Waals surface area contributed by atoms with Gasteiger partial charge in [-0.3, -0.25) is 0 Å². The number of piperazine rings is 1. The van der Waals surface area contributed by atoms with Crippen molar-refractivity contribution in [3.05, 3.63) is 0 Å². The molecule has 0 bridgehead atoms. The van der Waals surface area contributed by atoms with Crippen LogP contribution in [0, 0.1) is 0 Å². The van der Waals surface area contributed by atoms with Crippen molar-refractivity contribution in [2.75, 3.05) is 59.5 Å². The molecule has 2 N–H and O–H groups in total. The van der Waals surface area contributed by atoms with Crippen LogP contribution < -0.4 is 10.6 Å². The molecule has 1 saturated heterocycles. The zero-order valence-corrected chi connectivity index (χ0v) is 11.2. The third kappa shape index (κ3) is 9.09. The van der Waals surface area contributed by atoms with Crippen molar-refractivity contribution in [2.45, 2.75) is 20.3 Å². The van der Waals surface area contributed by atoms with E-state index in [2.05, 4.69) is 15.5 Å². The predicted molar refractivity (Wildman–Crippen MR) is 70.0 cm³/mol. The van der Waals surface area contributed by atoms with Crippen LogP contribution in [0.4, 0.5) is 0 Å². The van der Waals surface area contributed by atoms with E-state index in [-0.39, 0.29) is 0 Å². The van der Waals surface area contributed by atoms with Crippen LogP contribution in [-0.4, -0.2) is 64.4 Å². The van der Waals surface area contributed by atoms with Crippen molar-refractivity contribution in [1.82, 2.24) is 15.5 Å². The van der Waals surface area contributed by atoms with Gasteiger partial charge in [0.05, 0.1) is 6.61 Å². The zero-order chi connectivity index (χ0) is 12.1. The first kappa shape index (κ1) is 15.8. The summed E-state index contributed by atoms with van der Waals surface area (Å²) in [5, 5.41) is 6.72. The van der Waals surface area contributed by atoms with E-state index in [4.69, 9.17) is 4.74 Å². The lowest BCUT2D eigenvalue weighted by Crippen LogP contribution is -2.44. The minimum atomic E-state index is 0.813. The highest BCUT2D eigenvalue weighted by Gasteiger charge is 2.07. The first-order valence-electron chi connectivity index (χ1n) is 6.56. The second kappa shape index (κ2) is 12.9. The maximum absolute atomic E-state index is 4.96. The Hall–Kier alpha value is -0.160. The molecule has 0 unspecified atom stereocenters. The molecule has 1 aliphatic heterocycles. The summed E-state index contributed by atoms with van der Waals surface area (Å²) in [5.41, 5.74) is 0. The molecule has 16 heavy (non-hydrogen) atoms. The molecule has 0 radical (unpaired) electrons. The molecule has 4 nitrogen and oxygen atoms in total. The number of hydrogen-bond acceptors (Lipinski definition) is 4. The van der Waals surface area contributed by atoms with E-state index >= 15 is 0 Å². The van der Waals surface area contributed by atoms with Gasteiger partial charge in [0.15, 0.2) is 0 Å². The van der Waals surface area contributed by atoms with E-state index in [0.717, 1.165) is 32.8 Å². The molecule has 0 aromatic rings. The smallest absolute Gasteiger partial charge is 0.0587 e. The highest BCUT2D eigenvalue weighted by Crippen LogP contribution is 1.93. The van der Waals surface area contributed by atoms with Gasteiger partial charge in [-0.2, -0.15) is 0 Å². The second-order valence-electron chi connectivity index (χ2n) is 3.69. The number of nitrogens with zero attached hydrogens (tertiary/aromatic N) is 1. The Morgan fingerprint density at radius 1 is 1.19 bits per heavy atom. The number of hydrogen-bond donors (Lipinski definition) is 2.